The van der Waals surface area contributed by atoms with Gasteiger partial charge >= 0.3 is 0 Å². The van der Waals surface area contributed by atoms with E-state index in [2.05, 4.69) is 4.99 Å². The summed E-state index contributed by atoms with van der Waals surface area (Å²) < 4.78 is 0. The fraction of sp³-hybridized carbons (Fsp3) is 0.200. The average Bonchev–Trinajstić information content (AvgIpc) is 3.10. The fourth-order valence-electron chi connectivity index (χ4n) is 2.57. The Balaban J connectivity index is 2.01. The van der Waals surface area contributed by atoms with Crippen molar-refractivity contribution in [2.45, 2.75) is 12.8 Å². The summed E-state index contributed by atoms with van der Waals surface area (Å²) in [6, 6.07) is 7.88. The summed E-state index contributed by atoms with van der Waals surface area (Å²) in [7, 11) is 0. The summed E-state index contributed by atoms with van der Waals surface area (Å²) in [5, 5.41) is 1.92. The van der Waals surface area contributed by atoms with Gasteiger partial charge in [-0.05, 0) is 30.9 Å². The normalized spacial score (nSPS) is 21.4. The molecule has 1 heterocycles. The van der Waals surface area contributed by atoms with Crippen LogP contribution in [0.1, 0.15) is 12.8 Å². The lowest BCUT2D eigenvalue weighted by Gasteiger charge is -2.11. The topological polar surface area (TPSA) is 29.4 Å². The van der Waals surface area contributed by atoms with E-state index in [1.807, 2.05) is 36.4 Å². The van der Waals surface area contributed by atoms with Crippen LogP contribution < -0.4 is 10.6 Å². The number of para-hydroxylation sites is 1. The standard InChI is InChI=1S/C15H11NO/c17-15-10(9-5-6-9)7-8-13-14(15)11-3-1-2-4-12(11)16-13/h1-4,7-9H,5-6H2. The van der Waals surface area contributed by atoms with Gasteiger partial charge in [-0.3, -0.25) is 4.79 Å². The predicted octanol–water partition coefficient (Wildman–Crippen LogP) is 1.27. The molecule has 2 heteroatoms. The smallest absolute Gasteiger partial charge is 0.192 e. The van der Waals surface area contributed by atoms with E-state index in [-0.39, 0.29) is 5.78 Å². The van der Waals surface area contributed by atoms with Gasteiger partial charge in [-0.2, -0.15) is 0 Å². The van der Waals surface area contributed by atoms with E-state index in [4.69, 9.17) is 0 Å². The van der Waals surface area contributed by atoms with Crippen LogP contribution in [0.2, 0.25) is 0 Å². The van der Waals surface area contributed by atoms with Crippen molar-refractivity contribution in [2.75, 3.05) is 0 Å². The Labute approximate surface area is 98.7 Å². The molecule has 1 saturated carbocycles. The van der Waals surface area contributed by atoms with Crippen LogP contribution in [0, 0.1) is 5.92 Å². The summed E-state index contributed by atoms with van der Waals surface area (Å²) in [5.74, 6) is 0.694. The number of rotatable bonds is 1. The van der Waals surface area contributed by atoms with Gasteiger partial charge in [0.1, 0.15) is 0 Å². The Hall–Kier alpha value is -1.96. The van der Waals surface area contributed by atoms with Crippen molar-refractivity contribution in [3.05, 3.63) is 58.3 Å². The number of carbonyl (C=O) groups excluding carboxylic acids is 1. The molecule has 1 fully saturated rings. The third kappa shape index (κ3) is 1.21. The molecule has 1 aliphatic heterocycles. The summed E-state index contributed by atoms with van der Waals surface area (Å²) in [5.41, 5.74) is 2.63. The molecule has 0 bridgehead atoms. The Kier molecular flexibility index (Phi) is 1.63. The van der Waals surface area contributed by atoms with Crippen molar-refractivity contribution < 1.29 is 4.79 Å². The molecule has 0 atom stereocenters. The van der Waals surface area contributed by atoms with Gasteiger partial charge in [-0.25, -0.2) is 4.99 Å². The molecule has 0 spiro atoms. The lowest BCUT2D eigenvalue weighted by molar-refractivity contribution is -0.110. The molecule has 0 unspecified atom stereocenters. The minimum absolute atomic E-state index is 0.193. The minimum atomic E-state index is 0.193. The predicted molar refractivity (Wildman–Crippen MR) is 64.5 cm³/mol. The van der Waals surface area contributed by atoms with Gasteiger partial charge in [-0.15, -0.1) is 0 Å². The highest BCUT2D eigenvalue weighted by Gasteiger charge is 2.35. The molecule has 17 heavy (non-hydrogen) atoms. The van der Waals surface area contributed by atoms with Crippen LogP contribution in [0.25, 0.3) is 5.57 Å². The van der Waals surface area contributed by atoms with Gasteiger partial charge in [0.15, 0.2) is 5.78 Å². The second-order valence-electron chi connectivity index (χ2n) is 4.78. The molecular formula is C15H11NO. The Morgan fingerprint density at radius 3 is 2.76 bits per heavy atom. The molecule has 4 rings (SSSR count). The van der Waals surface area contributed by atoms with Crippen molar-refractivity contribution >= 4 is 11.4 Å². The quantitative estimate of drug-likeness (QED) is 0.702. The van der Waals surface area contributed by atoms with Gasteiger partial charge in [0.2, 0.25) is 0 Å². The van der Waals surface area contributed by atoms with Crippen molar-refractivity contribution in [1.82, 2.24) is 0 Å². The average molecular weight is 221 g/mol. The molecule has 3 aliphatic rings. The molecule has 82 valence electrons. The van der Waals surface area contributed by atoms with Crippen LogP contribution in [0.4, 0.5) is 0 Å². The lowest BCUT2D eigenvalue weighted by Crippen LogP contribution is -2.25. The zero-order chi connectivity index (χ0) is 11.4. The number of hydrogen-bond acceptors (Lipinski definition) is 2. The second kappa shape index (κ2) is 3.04. The van der Waals surface area contributed by atoms with Gasteiger partial charge < -0.3 is 0 Å². The number of ketones is 1. The first-order valence-corrected chi connectivity index (χ1v) is 5.99. The first kappa shape index (κ1) is 9.11. The Morgan fingerprint density at radius 1 is 1.12 bits per heavy atom. The number of fused-ring (bicyclic) bond motifs is 2. The van der Waals surface area contributed by atoms with Crippen LogP contribution in [0.15, 0.2) is 52.7 Å². The summed E-state index contributed by atoms with van der Waals surface area (Å²) in [6.07, 6.45) is 6.28. The molecule has 0 amide bonds. The van der Waals surface area contributed by atoms with E-state index in [9.17, 15) is 4.79 Å². The van der Waals surface area contributed by atoms with Crippen LogP contribution in [-0.2, 0) is 4.79 Å². The number of carbonyl (C=O) groups is 1. The van der Waals surface area contributed by atoms with E-state index < -0.39 is 0 Å². The van der Waals surface area contributed by atoms with Crippen molar-refractivity contribution in [3.8, 4) is 0 Å². The molecule has 0 aromatic heterocycles. The second-order valence-corrected chi connectivity index (χ2v) is 4.78. The van der Waals surface area contributed by atoms with Crippen LogP contribution >= 0.6 is 0 Å². The third-order valence-corrected chi connectivity index (χ3v) is 3.60. The summed E-state index contributed by atoms with van der Waals surface area (Å²) in [6.45, 7) is 0. The zero-order valence-electron chi connectivity index (χ0n) is 9.31. The largest absolute Gasteiger partial charge is 0.289 e. The van der Waals surface area contributed by atoms with Crippen molar-refractivity contribution in [3.63, 3.8) is 0 Å². The van der Waals surface area contributed by atoms with Gasteiger partial charge in [-0.1, -0.05) is 24.3 Å². The molecule has 0 radical (unpaired) electrons. The molecule has 0 N–H and O–H groups in total. The lowest BCUT2D eigenvalue weighted by atomic mass is 9.92. The van der Waals surface area contributed by atoms with Crippen LogP contribution in [0.5, 0.6) is 0 Å². The molecular weight excluding hydrogens is 210 g/mol. The Bertz CT molecular complexity index is 718. The monoisotopic (exact) mass is 221 g/mol. The third-order valence-electron chi connectivity index (χ3n) is 3.60. The van der Waals surface area contributed by atoms with E-state index in [0.29, 0.717) is 5.92 Å². The number of Topliss-reactive ketones (excluding diaryl/α,β-unsaturated/α-hetero) is 1. The number of hydrogen-bond donors (Lipinski definition) is 0. The Morgan fingerprint density at radius 2 is 1.94 bits per heavy atom. The first-order valence-electron chi connectivity index (χ1n) is 5.99. The van der Waals surface area contributed by atoms with E-state index in [1.54, 1.807) is 0 Å². The van der Waals surface area contributed by atoms with E-state index in [0.717, 1.165) is 40.3 Å². The van der Waals surface area contributed by atoms with Gasteiger partial charge in [0, 0.05) is 10.8 Å². The number of allylic oxidation sites excluding steroid dienone is 4. The highest BCUT2D eigenvalue weighted by molar-refractivity contribution is 6.30. The maximum absolute atomic E-state index is 12.4. The maximum atomic E-state index is 12.4. The first-order chi connectivity index (χ1) is 8.34. The van der Waals surface area contributed by atoms with Crippen LogP contribution in [-0.4, -0.2) is 5.78 Å². The fourth-order valence-corrected chi connectivity index (χ4v) is 2.57. The minimum Gasteiger partial charge on any atom is -0.289 e. The number of benzene rings is 1. The summed E-state index contributed by atoms with van der Waals surface area (Å²) in [4.78, 5) is 16.9. The van der Waals surface area contributed by atoms with Crippen molar-refractivity contribution in [1.29, 1.82) is 0 Å². The van der Waals surface area contributed by atoms with Gasteiger partial charge in [0.05, 0.1) is 16.6 Å². The van der Waals surface area contributed by atoms with Crippen molar-refractivity contribution in [2.24, 2.45) is 10.9 Å². The van der Waals surface area contributed by atoms with E-state index in [1.165, 1.54) is 0 Å². The summed E-state index contributed by atoms with van der Waals surface area (Å²) >= 11 is 0. The SMILES string of the molecule is O=C1C(C2CC2)=CC=C2N=c3ccccc3=C12. The zero-order valence-corrected chi connectivity index (χ0v) is 9.31. The molecule has 2 aliphatic carbocycles. The van der Waals surface area contributed by atoms with E-state index >= 15 is 0 Å². The van der Waals surface area contributed by atoms with Crippen LogP contribution in [0.3, 0.4) is 0 Å². The highest BCUT2D eigenvalue weighted by atomic mass is 16.1. The molecule has 2 nitrogen and oxygen atoms in total. The molecule has 1 aromatic carbocycles. The molecule has 1 aromatic rings. The highest BCUT2D eigenvalue weighted by Crippen LogP contribution is 2.40. The maximum Gasteiger partial charge on any atom is 0.192 e. The number of nitrogens with zero attached hydrogens (tertiary/aromatic N) is 1. The molecule has 0 saturated heterocycles. The van der Waals surface area contributed by atoms with Gasteiger partial charge in [0.25, 0.3) is 0 Å².